The monoisotopic (exact) mass is 336 g/mol. The van der Waals surface area contributed by atoms with Crippen LogP contribution in [0.5, 0.6) is 0 Å². The fraction of sp³-hybridized carbons (Fsp3) is 0.500. The van der Waals surface area contributed by atoms with Gasteiger partial charge in [-0.05, 0) is 43.2 Å². The summed E-state index contributed by atoms with van der Waals surface area (Å²) < 4.78 is 0. The van der Waals surface area contributed by atoms with Gasteiger partial charge in [-0.2, -0.15) is 11.3 Å². The van der Waals surface area contributed by atoms with Gasteiger partial charge >= 0.3 is 0 Å². The summed E-state index contributed by atoms with van der Waals surface area (Å²) in [6.45, 7) is 8.79. The number of rotatable bonds is 6. The minimum absolute atomic E-state index is 0.790. The number of aryl methyl sites for hydroxylation is 2. The van der Waals surface area contributed by atoms with Crippen LogP contribution in [0.4, 0.5) is 0 Å². The second kappa shape index (κ2) is 8.29. The molecule has 0 atom stereocenters. The van der Waals surface area contributed by atoms with Crippen molar-refractivity contribution < 1.29 is 0 Å². The third-order valence-corrected chi connectivity index (χ3v) is 5.16. The zero-order valence-electron chi connectivity index (χ0n) is 13.7. The summed E-state index contributed by atoms with van der Waals surface area (Å²) in [7, 11) is 2.08. The Hall–Kier alpha value is -1.40. The summed E-state index contributed by atoms with van der Waals surface area (Å²) in [5.74, 6) is 0.965. The van der Waals surface area contributed by atoms with Crippen LogP contribution < -0.4 is 5.32 Å². The number of hydrogen-bond donors (Lipinski definition) is 1. The van der Waals surface area contributed by atoms with Gasteiger partial charge in [0, 0.05) is 38.0 Å². The zero-order chi connectivity index (χ0) is 15.9. The molecule has 120 valence electrons. The average Bonchev–Trinajstić information content (AvgIpc) is 3.08. The smallest absolute Gasteiger partial charge is 0.193 e. The molecular formula is C16H24N4S2. The highest BCUT2D eigenvalue weighted by Crippen LogP contribution is 2.17. The molecule has 0 unspecified atom stereocenters. The number of guanidine groups is 1. The third kappa shape index (κ3) is 4.81. The maximum Gasteiger partial charge on any atom is 0.193 e. The van der Waals surface area contributed by atoms with Crippen LogP contribution in [0.3, 0.4) is 0 Å². The Kier molecular flexibility index (Phi) is 6.39. The topological polar surface area (TPSA) is 40.5 Å². The Morgan fingerprint density at radius 2 is 2.23 bits per heavy atom. The van der Waals surface area contributed by atoms with E-state index in [0.717, 1.165) is 42.7 Å². The summed E-state index contributed by atoms with van der Waals surface area (Å²) in [6.07, 6.45) is 0.957. The number of thiazole rings is 1. The maximum atomic E-state index is 4.75. The number of nitrogens with one attached hydrogen (secondary N) is 1. The molecule has 0 aromatic carbocycles. The SMILES string of the molecule is CCNC(=NCCc1sc(C)nc1C)N(C)Cc1ccsc1. The fourth-order valence-electron chi connectivity index (χ4n) is 2.27. The number of aliphatic imine (C=N–C) groups is 1. The van der Waals surface area contributed by atoms with Gasteiger partial charge < -0.3 is 10.2 Å². The molecule has 0 amide bonds. The molecule has 0 saturated carbocycles. The van der Waals surface area contributed by atoms with Crippen molar-refractivity contribution in [2.75, 3.05) is 20.1 Å². The highest BCUT2D eigenvalue weighted by molar-refractivity contribution is 7.11. The van der Waals surface area contributed by atoms with E-state index in [9.17, 15) is 0 Å². The average molecular weight is 337 g/mol. The van der Waals surface area contributed by atoms with Gasteiger partial charge in [0.2, 0.25) is 0 Å². The summed E-state index contributed by atoms with van der Waals surface area (Å²) in [4.78, 5) is 12.8. The van der Waals surface area contributed by atoms with Crippen LogP contribution in [0.1, 0.15) is 28.1 Å². The molecule has 0 aliphatic rings. The predicted molar refractivity (Wildman–Crippen MR) is 97.1 cm³/mol. The minimum atomic E-state index is 0.790. The molecule has 6 heteroatoms. The normalized spacial score (nSPS) is 11.7. The van der Waals surface area contributed by atoms with Gasteiger partial charge in [-0.25, -0.2) is 4.98 Å². The lowest BCUT2D eigenvalue weighted by Crippen LogP contribution is -2.38. The number of thiophene rings is 1. The quantitative estimate of drug-likeness (QED) is 0.649. The lowest BCUT2D eigenvalue weighted by molar-refractivity contribution is 0.478. The molecule has 2 rings (SSSR count). The number of hydrogen-bond acceptors (Lipinski definition) is 4. The number of nitrogens with zero attached hydrogens (tertiary/aromatic N) is 3. The molecule has 2 aromatic rings. The van der Waals surface area contributed by atoms with Crippen molar-refractivity contribution in [3.8, 4) is 0 Å². The van der Waals surface area contributed by atoms with E-state index in [1.54, 1.807) is 22.7 Å². The number of aromatic nitrogens is 1. The lowest BCUT2D eigenvalue weighted by Gasteiger charge is -2.21. The van der Waals surface area contributed by atoms with Crippen molar-refractivity contribution in [2.24, 2.45) is 4.99 Å². The molecule has 2 heterocycles. The summed E-state index contributed by atoms with van der Waals surface area (Å²) >= 11 is 3.51. The van der Waals surface area contributed by atoms with Gasteiger partial charge in [-0.3, -0.25) is 4.99 Å². The molecule has 22 heavy (non-hydrogen) atoms. The first-order valence-electron chi connectivity index (χ1n) is 7.53. The van der Waals surface area contributed by atoms with Crippen molar-refractivity contribution in [1.29, 1.82) is 0 Å². The first-order valence-corrected chi connectivity index (χ1v) is 9.29. The molecule has 1 N–H and O–H groups in total. The molecule has 0 aliphatic heterocycles. The summed E-state index contributed by atoms with van der Waals surface area (Å²) in [5.41, 5.74) is 2.47. The fourth-order valence-corrected chi connectivity index (χ4v) is 3.86. The van der Waals surface area contributed by atoms with Crippen molar-refractivity contribution in [2.45, 2.75) is 33.7 Å². The molecule has 0 spiro atoms. The van der Waals surface area contributed by atoms with Crippen LogP contribution in [-0.2, 0) is 13.0 Å². The Bertz CT molecular complexity index is 602. The first kappa shape index (κ1) is 17.0. The van der Waals surface area contributed by atoms with Crippen molar-refractivity contribution >= 4 is 28.6 Å². The van der Waals surface area contributed by atoms with Crippen LogP contribution in [-0.4, -0.2) is 36.0 Å². The zero-order valence-corrected chi connectivity index (χ0v) is 15.4. The molecule has 2 aromatic heterocycles. The summed E-state index contributed by atoms with van der Waals surface area (Å²) in [5, 5.41) is 8.80. The van der Waals surface area contributed by atoms with Crippen LogP contribution in [0.25, 0.3) is 0 Å². The minimum Gasteiger partial charge on any atom is -0.357 e. The standard InChI is InChI=1S/C16H24N4S2/c1-5-17-16(20(4)10-14-7-9-21-11-14)18-8-6-15-12(2)19-13(3)22-15/h7,9,11H,5-6,8,10H2,1-4H3,(H,17,18). The van der Waals surface area contributed by atoms with Crippen LogP contribution in [0.2, 0.25) is 0 Å². The molecule has 4 nitrogen and oxygen atoms in total. The van der Waals surface area contributed by atoms with E-state index in [1.807, 2.05) is 0 Å². The molecule has 0 bridgehead atoms. The van der Waals surface area contributed by atoms with Gasteiger partial charge in [0.1, 0.15) is 0 Å². The van der Waals surface area contributed by atoms with E-state index in [4.69, 9.17) is 4.99 Å². The molecule has 0 radical (unpaired) electrons. The van der Waals surface area contributed by atoms with E-state index in [0.29, 0.717) is 0 Å². The Morgan fingerprint density at radius 1 is 1.41 bits per heavy atom. The predicted octanol–water partition coefficient (Wildman–Crippen LogP) is 3.46. The second-order valence-electron chi connectivity index (χ2n) is 5.21. The van der Waals surface area contributed by atoms with Crippen LogP contribution in [0, 0.1) is 13.8 Å². The first-order chi connectivity index (χ1) is 10.6. The molecule has 0 fully saturated rings. The molecule has 0 aliphatic carbocycles. The van der Waals surface area contributed by atoms with Gasteiger partial charge in [-0.15, -0.1) is 11.3 Å². The van der Waals surface area contributed by atoms with Crippen molar-refractivity contribution in [1.82, 2.24) is 15.2 Å². The lowest BCUT2D eigenvalue weighted by atomic mass is 10.3. The van der Waals surface area contributed by atoms with E-state index >= 15 is 0 Å². The Labute approximate surface area is 140 Å². The Balaban J connectivity index is 1.95. The molecule has 0 saturated heterocycles. The van der Waals surface area contributed by atoms with Gasteiger partial charge in [0.25, 0.3) is 0 Å². The Morgan fingerprint density at radius 3 is 2.82 bits per heavy atom. The largest absolute Gasteiger partial charge is 0.357 e. The van der Waals surface area contributed by atoms with E-state index in [2.05, 4.69) is 59.8 Å². The van der Waals surface area contributed by atoms with Crippen molar-refractivity contribution in [3.05, 3.63) is 38.0 Å². The van der Waals surface area contributed by atoms with Gasteiger partial charge in [-0.1, -0.05) is 0 Å². The van der Waals surface area contributed by atoms with Crippen LogP contribution >= 0.6 is 22.7 Å². The van der Waals surface area contributed by atoms with Crippen molar-refractivity contribution in [3.63, 3.8) is 0 Å². The van der Waals surface area contributed by atoms with E-state index in [-0.39, 0.29) is 0 Å². The van der Waals surface area contributed by atoms with Gasteiger partial charge in [0.05, 0.1) is 10.7 Å². The van der Waals surface area contributed by atoms with E-state index < -0.39 is 0 Å². The van der Waals surface area contributed by atoms with Gasteiger partial charge in [0.15, 0.2) is 5.96 Å². The summed E-state index contributed by atoms with van der Waals surface area (Å²) in [6, 6.07) is 2.16. The molecular weight excluding hydrogens is 312 g/mol. The maximum absolute atomic E-state index is 4.75. The highest BCUT2D eigenvalue weighted by Gasteiger charge is 2.08. The highest BCUT2D eigenvalue weighted by atomic mass is 32.1. The third-order valence-electron chi connectivity index (χ3n) is 3.30. The second-order valence-corrected chi connectivity index (χ2v) is 7.28. The van der Waals surface area contributed by atoms with E-state index in [1.165, 1.54) is 10.4 Å². The van der Waals surface area contributed by atoms with Crippen LogP contribution in [0.15, 0.2) is 21.8 Å².